The van der Waals surface area contributed by atoms with E-state index in [4.69, 9.17) is 16.3 Å². The van der Waals surface area contributed by atoms with Gasteiger partial charge in [0.05, 0.1) is 12.0 Å². The maximum absolute atomic E-state index is 12.8. The van der Waals surface area contributed by atoms with Crippen molar-refractivity contribution < 1.29 is 13.2 Å². The third-order valence-electron chi connectivity index (χ3n) is 3.76. The van der Waals surface area contributed by atoms with Crippen LogP contribution in [-0.4, -0.2) is 33.1 Å². The van der Waals surface area contributed by atoms with Crippen LogP contribution in [0.25, 0.3) is 0 Å². The number of hydrogen-bond acceptors (Lipinski definition) is 4. The van der Waals surface area contributed by atoms with Crippen LogP contribution in [0.5, 0.6) is 5.75 Å². The Morgan fingerprint density at radius 1 is 1.25 bits per heavy atom. The van der Waals surface area contributed by atoms with Gasteiger partial charge in [0.15, 0.2) is 0 Å². The van der Waals surface area contributed by atoms with E-state index in [2.05, 4.69) is 0 Å². The lowest BCUT2D eigenvalue weighted by atomic mass is 10.2. The highest BCUT2D eigenvalue weighted by atomic mass is 35.5. The third-order valence-corrected chi connectivity index (χ3v) is 6.89. The van der Waals surface area contributed by atoms with E-state index < -0.39 is 10.0 Å². The molecule has 130 valence electrons. The molecule has 0 aromatic heterocycles. The molecule has 0 N–H and O–H groups in total. The van der Waals surface area contributed by atoms with E-state index >= 15 is 0 Å². The van der Waals surface area contributed by atoms with Gasteiger partial charge in [-0.3, -0.25) is 0 Å². The molecule has 0 saturated carbocycles. The summed E-state index contributed by atoms with van der Waals surface area (Å²) in [5.74, 6) is 0.740. The van der Waals surface area contributed by atoms with Crippen LogP contribution in [0.4, 0.5) is 0 Å². The molecule has 0 fully saturated rings. The van der Waals surface area contributed by atoms with Crippen molar-refractivity contribution in [1.82, 2.24) is 4.31 Å². The van der Waals surface area contributed by atoms with Crippen molar-refractivity contribution in [2.24, 2.45) is 0 Å². The zero-order valence-corrected chi connectivity index (χ0v) is 16.4. The molecule has 2 aromatic rings. The van der Waals surface area contributed by atoms with Gasteiger partial charge in [-0.2, -0.15) is 4.31 Å². The zero-order valence-electron chi connectivity index (χ0n) is 14.0. The Balaban J connectivity index is 2.32. The fourth-order valence-corrected chi connectivity index (χ4v) is 4.54. The van der Waals surface area contributed by atoms with Gasteiger partial charge in [-0.05, 0) is 48.6 Å². The molecule has 0 radical (unpaired) electrons. The molecule has 0 spiro atoms. The number of halogens is 1. The summed E-state index contributed by atoms with van der Waals surface area (Å²) in [6, 6.07) is 10.6. The average molecular weight is 386 g/mol. The van der Waals surface area contributed by atoms with E-state index in [0.29, 0.717) is 10.6 Å². The van der Waals surface area contributed by atoms with E-state index in [1.165, 1.54) is 4.31 Å². The normalized spacial score (nSPS) is 11.8. The van der Waals surface area contributed by atoms with Crippen LogP contribution in [0, 0.1) is 6.92 Å². The summed E-state index contributed by atoms with van der Waals surface area (Å²) < 4.78 is 32.3. The lowest BCUT2D eigenvalue weighted by molar-refractivity contribution is 0.402. The van der Waals surface area contributed by atoms with Crippen molar-refractivity contribution in [2.45, 2.75) is 23.3 Å². The van der Waals surface area contributed by atoms with Crippen molar-refractivity contribution in [3.8, 4) is 5.75 Å². The lowest BCUT2D eigenvalue weighted by Gasteiger charge is -2.19. The highest BCUT2D eigenvalue weighted by molar-refractivity contribution is 7.98. The Hall–Kier alpha value is -1.21. The molecule has 0 aliphatic carbocycles. The standard InChI is InChI=1S/C17H20ClNO3S2/c1-12-14(18)6-5-7-17(12)24(20,21)19(2)11-13-8-9-16(23-4)15(10-13)22-3/h5-10H,11H2,1-4H3. The summed E-state index contributed by atoms with van der Waals surface area (Å²) in [5.41, 5.74) is 1.41. The highest BCUT2D eigenvalue weighted by Gasteiger charge is 2.24. The largest absolute Gasteiger partial charge is 0.496 e. The molecule has 0 unspecified atom stereocenters. The molecule has 0 amide bonds. The highest BCUT2D eigenvalue weighted by Crippen LogP contribution is 2.30. The van der Waals surface area contributed by atoms with Gasteiger partial charge in [0.2, 0.25) is 10.0 Å². The molecule has 2 rings (SSSR count). The molecule has 24 heavy (non-hydrogen) atoms. The van der Waals surface area contributed by atoms with Gasteiger partial charge in [-0.25, -0.2) is 8.42 Å². The Kier molecular flexibility index (Phi) is 6.20. The Labute approximate surface area is 152 Å². The number of sulfonamides is 1. The Bertz CT molecular complexity index is 838. The summed E-state index contributed by atoms with van der Waals surface area (Å²) in [4.78, 5) is 1.24. The molecule has 4 nitrogen and oxygen atoms in total. The second kappa shape index (κ2) is 7.78. The number of hydrogen-bond donors (Lipinski definition) is 0. The van der Waals surface area contributed by atoms with Crippen molar-refractivity contribution in [1.29, 1.82) is 0 Å². The van der Waals surface area contributed by atoms with Crippen LogP contribution >= 0.6 is 23.4 Å². The summed E-state index contributed by atoms with van der Waals surface area (Å²) >= 11 is 7.64. The first-order valence-electron chi connectivity index (χ1n) is 7.23. The fraction of sp³-hybridized carbons (Fsp3) is 0.294. The van der Waals surface area contributed by atoms with Crippen LogP contribution in [0.1, 0.15) is 11.1 Å². The number of ether oxygens (including phenoxy) is 1. The van der Waals surface area contributed by atoms with Gasteiger partial charge in [0.1, 0.15) is 5.75 Å². The average Bonchev–Trinajstić information content (AvgIpc) is 2.56. The maximum atomic E-state index is 12.8. The molecule has 0 aliphatic heterocycles. The van der Waals surface area contributed by atoms with Crippen molar-refractivity contribution in [3.05, 3.63) is 52.5 Å². The molecule has 0 atom stereocenters. The minimum atomic E-state index is -3.62. The molecule has 0 aliphatic rings. The van der Waals surface area contributed by atoms with E-state index in [9.17, 15) is 8.42 Å². The summed E-state index contributed by atoms with van der Waals surface area (Å²) in [7, 11) is -0.457. The SMILES string of the molecule is COc1cc(CN(C)S(=O)(=O)c2cccc(Cl)c2C)ccc1SC. The quantitative estimate of drug-likeness (QED) is 0.699. The Morgan fingerprint density at radius 2 is 1.96 bits per heavy atom. The minimum absolute atomic E-state index is 0.227. The first kappa shape index (κ1) is 19.1. The van der Waals surface area contributed by atoms with Gasteiger partial charge in [0.25, 0.3) is 0 Å². The van der Waals surface area contributed by atoms with Gasteiger partial charge in [0, 0.05) is 23.5 Å². The fourth-order valence-electron chi connectivity index (χ4n) is 2.36. The van der Waals surface area contributed by atoms with Crippen molar-refractivity contribution in [2.75, 3.05) is 20.4 Å². The number of rotatable bonds is 6. The van der Waals surface area contributed by atoms with Gasteiger partial charge >= 0.3 is 0 Å². The van der Waals surface area contributed by atoms with E-state index in [1.54, 1.807) is 51.0 Å². The summed E-state index contributed by atoms with van der Waals surface area (Å²) in [6.07, 6.45) is 1.97. The number of nitrogens with zero attached hydrogens (tertiary/aromatic N) is 1. The number of thioether (sulfide) groups is 1. The van der Waals surface area contributed by atoms with Crippen molar-refractivity contribution >= 4 is 33.4 Å². The zero-order chi connectivity index (χ0) is 17.9. The Morgan fingerprint density at radius 3 is 2.58 bits per heavy atom. The molecule has 7 heteroatoms. The number of benzene rings is 2. The minimum Gasteiger partial charge on any atom is -0.496 e. The van der Waals surface area contributed by atoms with Crippen LogP contribution in [0.3, 0.4) is 0 Å². The summed E-state index contributed by atoms with van der Waals surface area (Å²) in [5, 5.41) is 0.440. The molecular formula is C17H20ClNO3S2. The predicted octanol–water partition coefficient (Wildman–Crippen LogP) is 4.20. The maximum Gasteiger partial charge on any atom is 0.243 e. The van der Waals surface area contributed by atoms with Gasteiger partial charge in [-0.1, -0.05) is 23.7 Å². The van der Waals surface area contributed by atoms with Crippen LogP contribution in [0.2, 0.25) is 5.02 Å². The molecular weight excluding hydrogens is 366 g/mol. The number of methoxy groups -OCH3 is 1. The first-order valence-corrected chi connectivity index (χ1v) is 10.3. The molecule has 0 saturated heterocycles. The van der Waals surface area contributed by atoms with E-state index in [-0.39, 0.29) is 11.4 Å². The predicted molar refractivity (Wildman–Crippen MR) is 99.6 cm³/mol. The third kappa shape index (κ3) is 3.88. The van der Waals surface area contributed by atoms with Gasteiger partial charge in [-0.15, -0.1) is 11.8 Å². The molecule has 2 aromatic carbocycles. The second-order valence-corrected chi connectivity index (χ2v) is 8.58. The van der Waals surface area contributed by atoms with E-state index in [1.807, 2.05) is 24.5 Å². The second-order valence-electron chi connectivity index (χ2n) is 5.31. The summed E-state index contributed by atoms with van der Waals surface area (Å²) in [6.45, 7) is 1.96. The first-order chi connectivity index (χ1) is 11.3. The molecule has 0 heterocycles. The lowest BCUT2D eigenvalue weighted by Crippen LogP contribution is -2.27. The van der Waals surface area contributed by atoms with Crippen molar-refractivity contribution in [3.63, 3.8) is 0 Å². The van der Waals surface area contributed by atoms with Crippen LogP contribution in [-0.2, 0) is 16.6 Å². The van der Waals surface area contributed by atoms with Crippen LogP contribution < -0.4 is 4.74 Å². The van der Waals surface area contributed by atoms with E-state index in [0.717, 1.165) is 16.2 Å². The van der Waals surface area contributed by atoms with Gasteiger partial charge < -0.3 is 4.74 Å². The molecule has 0 bridgehead atoms. The van der Waals surface area contributed by atoms with Crippen LogP contribution in [0.15, 0.2) is 46.2 Å². The topological polar surface area (TPSA) is 46.6 Å². The smallest absolute Gasteiger partial charge is 0.243 e. The monoisotopic (exact) mass is 385 g/mol.